The lowest BCUT2D eigenvalue weighted by atomic mass is 9.96. The van der Waals surface area contributed by atoms with Crippen LogP contribution in [0.5, 0.6) is 0 Å². The van der Waals surface area contributed by atoms with Crippen LogP contribution >= 0.6 is 12.2 Å². The van der Waals surface area contributed by atoms with E-state index in [9.17, 15) is 0 Å². The molecule has 6 heteroatoms. The number of rotatable bonds is 5. The van der Waals surface area contributed by atoms with Crippen molar-refractivity contribution in [2.75, 3.05) is 0 Å². The standard InChI is InChI=1S/C22H25N5S/c1-4-26-15(2)13-18(16(26)3)21-20(19-10-6-8-12-24-19)25-22(28)27(21)14-17-9-5-7-11-23-17/h5-13,20-21H,4,14H2,1-3H3,(H,25,28)/t20-,21-/m1/s1. The molecule has 1 aliphatic heterocycles. The van der Waals surface area contributed by atoms with E-state index in [4.69, 9.17) is 12.2 Å². The first-order valence-corrected chi connectivity index (χ1v) is 10.1. The Morgan fingerprint density at radius 1 is 1.07 bits per heavy atom. The van der Waals surface area contributed by atoms with E-state index < -0.39 is 0 Å². The summed E-state index contributed by atoms with van der Waals surface area (Å²) in [6, 6.07) is 14.4. The first-order valence-electron chi connectivity index (χ1n) is 9.64. The summed E-state index contributed by atoms with van der Waals surface area (Å²) in [6.07, 6.45) is 3.67. The summed E-state index contributed by atoms with van der Waals surface area (Å²) >= 11 is 5.76. The fourth-order valence-electron chi connectivity index (χ4n) is 4.19. The molecule has 144 valence electrons. The van der Waals surface area contributed by atoms with E-state index >= 15 is 0 Å². The number of hydrogen-bond acceptors (Lipinski definition) is 3. The van der Waals surface area contributed by atoms with Crippen molar-refractivity contribution in [2.45, 2.75) is 45.9 Å². The molecule has 4 heterocycles. The molecule has 0 bridgehead atoms. The Bertz CT molecular complexity index is 967. The van der Waals surface area contributed by atoms with Gasteiger partial charge in [0.1, 0.15) is 0 Å². The minimum Gasteiger partial charge on any atom is -0.352 e. The SMILES string of the molecule is CCn1c(C)cc([C@@H]2[C@@H](c3ccccn3)NC(=S)N2Cc2ccccn2)c1C. The van der Waals surface area contributed by atoms with E-state index in [1.807, 2.05) is 42.7 Å². The zero-order chi connectivity index (χ0) is 19.7. The number of thiocarbonyl (C=S) groups is 1. The zero-order valence-corrected chi connectivity index (χ0v) is 17.3. The first kappa shape index (κ1) is 18.6. The lowest BCUT2D eigenvalue weighted by Gasteiger charge is -2.28. The molecule has 1 saturated heterocycles. The van der Waals surface area contributed by atoms with Gasteiger partial charge in [-0.15, -0.1) is 0 Å². The van der Waals surface area contributed by atoms with Gasteiger partial charge in [-0.3, -0.25) is 9.97 Å². The van der Waals surface area contributed by atoms with Gasteiger partial charge in [0.2, 0.25) is 0 Å². The lowest BCUT2D eigenvalue weighted by Crippen LogP contribution is -2.29. The van der Waals surface area contributed by atoms with Gasteiger partial charge in [0.25, 0.3) is 0 Å². The Labute approximate surface area is 171 Å². The van der Waals surface area contributed by atoms with Gasteiger partial charge in [-0.25, -0.2) is 0 Å². The second-order valence-corrected chi connectivity index (χ2v) is 7.53. The number of aromatic nitrogens is 3. The van der Waals surface area contributed by atoms with Crippen molar-refractivity contribution in [3.63, 3.8) is 0 Å². The molecular formula is C22H25N5S. The van der Waals surface area contributed by atoms with E-state index in [2.05, 4.69) is 57.7 Å². The first-order chi connectivity index (χ1) is 13.6. The predicted octanol–water partition coefficient (Wildman–Crippen LogP) is 4.09. The highest BCUT2D eigenvalue weighted by Crippen LogP contribution is 2.41. The number of hydrogen-bond donors (Lipinski definition) is 1. The number of nitrogens with one attached hydrogen (secondary N) is 1. The van der Waals surface area contributed by atoms with Crippen LogP contribution in [0.3, 0.4) is 0 Å². The minimum atomic E-state index is 0.00298. The van der Waals surface area contributed by atoms with Crippen LogP contribution in [0.1, 0.15) is 47.3 Å². The van der Waals surface area contributed by atoms with E-state index in [0.29, 0.717) is 6.54 Å². The molecule has 0 spiro atoms. The van der Waals surface area contributed by atoms with Crippen molar-refractivity contribution in [1.29, 1.82) is 0 Å². The monoisotopic (exact) mass is 391 g/mol. The summed E-state index contributed by atoms with van der Waals surface area (Å²) in [5.74, 6) is 0. The molecule has 0 radical (unpaired) electrons. The summed E-state index contributed by atoms with van der Waals surface area (Å²) in [4.78, 5) is 11.4. The molecule has 28 heavy (non-hydrogen) atoms. The van der Waals surface area contributed by atoms with E-state index in [-0.39, 0.29) is 12.1 Å². The number of nitrogens with zero attached hydrogens (tertiary/aromatic N) is 4. The molecular weight excluding hydrogens is 366 g/mol. The van der Waals surface area contributed by atoms with Gasteiger partial charge in [0.05, 0.1) is 30.0 Å². The Balaban J connectivity index is 1.80. The average Bonchev–Trinajstić information content (AvgIpc) is 3.19. The van der Waals surface area contributed by atoms with Crippen LogP contribution in [0.2, 0.25) is 0 Å². The third kappa shape index (κ3) is 3.29. The van der Waals surface area contributed by atoms with Crippen molar-refractivity contribution in [1.82, 2.24) is 24.8 Å². The molecule has 1 N–H and O–H groups in total. The lowest BCUT2D eigenvalue weighted by molar-refractivity contribution is 0.307. The van der Waals surface area contributed by atoms with Gasteiger partial charge < -0.3 is 14.8 Å². The Hall–Kier alpha value is -2.73. The zero-order valence-electron chi connectivity index (χ0n) is 16.5. The summed E-state index contributed by atoms with van der Waals surface area (Å²) in [6.45, 7) is 8.16. The van der Waals surface area contributed by atoms with Crippen molar-refractivity contribution in [2.24, 2.45) is 0 Å². The Kier molecular flexibility index (Phi) is 5.13. The van der Waals surface area contributed by atoms with Gasteiger partial charge in [0.15, 0.2) is 5.11 Å². The molecule has 4 rings (SSSR count). The van der Waals surface area contributed by atoms with Gasteiger partial charge in [-0.2, -0.15) is 0 Å². The quantitative estimate of drug-likeness (QED) is 0.664. The fourth-order valence-corrected chi connectivity index (χ4v) is 4.50. The molecule has 3 aromatic heterocycles. The van der Waals surface area contributed by atoms with Crippen molar-refractivity contribution in [3.05, 3.63) is 83.2 Å². The smallest absolute Gasteiger partial charge is 0.170 e. The van der Waals surface area contributed by atoms with Crippen LogP contribution in [-0.4, -0.2) is 24.5 Å². The van der Waals surface area contributed by atoms with E-state index in [1.54, 1.807) is 0 Å². The van der Waals surface area contributed by atoms with Gasteiger partial charge >= 0.3 is 0 Å². The summed E-state index contributed by atoms with van der Waals surface area (Å²) in [5, 5.41) is 4.26. The molecule has 0 aromatic carbocycles. The molecule has 1 aliphatic rings. The topological polar surface area (TPSA) is 46.0 Å². The number of aryl methyl sites for hydroxylation is 1. The van der Waals surface area contributed by atoms with Crippen molar-refractivity contribution < 1.29 is 0 Å². The van der Waals surface area contributed by atoms with Gasteiger partial charge in [-0.05, 0) is 68.9 Å². The average molecular weight is 392 g/mol. The molecule has 0 amide bonds. The highest BCUT2D eigenvalue weighted by atomic mass is 32.1. The number of pyridine rings is 2. The molecule has 1 fully saturated rings. The van der Waals surface area contributed by atoms with E-state index in [1.165, 1.54) is 17.0 Å². The fraction of sp³-hybridized carbons (Fsp3) is 0.318. The van der Waals surface area contributed by atoms with Crippen LogP contribution in [0, 0.1) is 13.8 Å². The molecule has 2 atom stereocenters. The minimum absolute atomic E-state index is 0.00298. The molecule has 3 aromatic rings. The summed E-state index contributed by atoms with van der Waals surface area (Å²) < 4.78 is 2.35. The highest BCUT2D eigenvalue weighted by molar-refractivity contribution is 7.80. The maximum absolute atomic E-state index is 5.76. The Morgan fingerprint density at radius 2 is 1.82 bits per heavy atom. The second-order valence-electron chi connectivity index (χ2n) is 7.15. The molecule has 5 nitrogen and oxygen atoms in total. The summed E-state index contributed by atoms with van der Waals surface area (Å²) in [7, 11) is 0. The van der Waals surface area contributed by atoms with Crippen LogP contribution in [0.15, 0.2) is 54.9 Å². The van der Waals surface area contributed by atoms with Gasteiger partial charge in [0, 0.05) is 30.3 Å². The third-order valence-corrected chi connectivity index (χ3v) is 5.86. The highest BCUT2D eigenvalue weighted by Gasteiger charge is 2.41. The molecule has 0 unspecified atom stereocenters. The Morgan fingerprint density at radius 3 is 2.43 bits per heavy atom. The van der Waals surface area contributed by atoms with Crippen molar-refractivity contribution in [3.8, 4) is 0 Å². The maximum Gasteiger partial charge on any atom is 0.170 e. The van der Waals surface area contributed by atoms with Crippen molar-refractivity contribution >= 4 is 17.3 Å². The molecule has 0 saturated carbocycles. The molecule has 0 aliphatic carbocycles. The van der Waals surface area contributed by atoms with E-state index in [0.717, 1.165) is 23.0 Å². The van der Waals surface area contributed by atoms with Crippen LogP contribution in [-0.2, 0) is 13.1 Å². The second kappa shape index (κ2) is 7.72. The van der Waals surface area contributed by atoms with Crippen LogP contribution in [0.25, 0.3) is 0 Å². The summed E-state index contributed by atoms with van der Waals surface area (Å²) in [5.41, 5.74) is 5.84. The third-order valence-electron chi connectivity index (χ3n) is 5.50. The van der Waals surface area contributed by atoms with Gasteiger partial charge in [-0.1, -0.05) is 12.1 Å². The van der Waals surface area contributed by atoms with Crippen LogP contribution in [0.4, 0.5) is 0 Å². The largest absolute Gasteiger partial charge is 0.352 e. The maximum atomic E-state index is 5.76. The normalized spacial score (nSPS) is 19.1. The van der Waals surface area contributed by atoms with Crippen LogP contribution < -0.4 is 5.32 Å². The predicted molar refractivity (Wildman–Crippen MR) is 115 cm³/mol.